The third-order valence-electron chi connectivity index (χ3n) is 3.62. The molecule has 110 valence electrons. The van der Waals surface area contributed by atoms with E-state index in [0.717, 1.165) is 27.2 Å². The summed E-state index contributed by atoms with van der Waals surface area (Å²) in [6.45, 7) is 4.24. The number of alkyl halides is 1. The maximum absolute atomic E-state index is 6.01. The number of halogens is 3. The van der Waals surface area contributed by atoms with Crippen molar-refractivity contribution in [2.75, 3.05) is 0 Å². The Balaban J connectivity index is 1.95. The topological polar surface area (TPSA) is 9.23 Å². The van der Waals surface area contributed by atoms with Gasteiger partial charge in [0.2, 0.25) is 0 Å². The minimum absolute atomic E-state index is 0.108. The molecule has 0 saturated carbocycles. The van der Waals surface area contributed by atoms with Crippen LogP contribution in [-0.4, -0.2) is 5.60 Å². The molecule has 1 heterocycles. The Morgan fingerprint density at radius 1 is 1.19 bits per heavy atom. The van der Waals surface area contributed by atoms with Crippen molar-refractivity contribution in [3.8, 4) is 5.75 Å². The largest absolute Gasteiger partial charge is 0.487 e. The SMILES string of the molecule is CC1(C)Cc2cc(C(Br)c3ccc(Cl)cc3Br)ccc2O1. The molecule has 0 saturated heterocycles. The Labute approximate surface area is 146 Å². The van der Waals surface area contributed by atoms with E-state index in [1.165, 1.54) is 11.1 Å². The highest BCUT2D eigenvalue weighted by Gasteiger charge is 2.30. The minimum atomic E-state index is -0.108. The van der Waals surface area contributed by atoms with Crippen molar-refractivity contribution in [2.24, 2.45) is 0 Å². The molecule has 0 radical (unpaired) electrons. The summed E-state index contributed by atoms with van der Waals surface area (Å²) in [7, 11) is 0. The van der Waals surface area contributed by atoms with E-state index in [1.807, 2.05) is 18.2 Å². The van der Waals surface area contributed by atoms with Crippen LogP contribution >= 0.6 is 43.5 Å². The molecule has 4 heteroatoms. The van der Waals surface area contributed by atoms with Gasteiger partial charge in [0.15, 0.2) is 0 Å². The van der Waals surface area contributed by atoms with Crippen LogP contribution in [0.5, 0.6) is 5.75 Å². The third kappa shape index (κ3) is 3.15. The zero-order valence-corrected chi connectivity index (χ0v) is 15.7. The van der Waals surface area contributed by atoms with Crippen LogP contribution in [0.25, 0.3) is 0 Å². The molecule has 2 aromatic carbocycles. The van der Waals surface area contributed by atoms with Gasteiger partial charge in [0.1, 0.15) is 11.4 Å². The summed E-state index contributed by atoms with van der Waals surface area (Å²) in [4.78, 5) is 0.123. The van der Waals surface area contributed by atoms with Gasteiger partial charge >= 0.3 is 0 Å². The summed E-state index contributed by atoms with van der Waals surface area (Å²) in [6.07, 6.45) is 0.942. The maximum atomic E-state index is 6.01. The summed E-state index contributed by atoms with van der Waals surface area (Å²) in [5.41, 5.74) is 3.55. The molecule has 0 aromatic heterocycles. The molecule has 2 aromatic rings. The molecule has 0 aliphatic carbocycles. The molecule has 1 atom stereocenters. The minimum Gasteiger partial charge on any atom is -0.487 e. The summed E-state index contributed by atoms with van der Waals surface area (Å²) in [5, 5.41) is 0.731. The van der Waals surface area contributed by atoms with Gasteiger partial charge in [-0.3, -0.25) is 0 Å². The second-order valence-electron chi connectivity index (χ2n) is 5.93. The van der Waals surface area contributed by atoms with E-state index >= 15 is 0 Å². The second kappa shape index (κ2) is 5.60. The lowest BCUT2D eigenvalue weighted by molar-refractivity contribution is 0.138. The monoisotopic (exact) mass is 428 g/mol. The van der Waals surface area contributed by atoms with Crippen molar-refractivity contribution >= 4 is 43.5 Å². The standard InChI is InChI=1S/C17H15Br2ClO/c1-17(2)9-11-7-10(3-6-15(11)21-17)16(19)13-5-4-12(20)8-14(13)18/h3-8,16H,9H2,1-2H3. The number of benzene rings is 2. The highest BCUT2D eigenvalue weighted by atomic mass is 79.9. The van der Waals surface area contributed by atoms with Gasteiger partial charge in [0.25, 0.3) is 0 Å². The van der Waals surface area contributed by atoms with Gasteiger partial charge in [-0.05, 0) is 48.7 Å². The fourth-order valence-corrected chi connectivity index (χ4v) is 4.58. The highest BCUT2D eigenvalue weighted by molar-refractivity contribution is 9.11. The van der Waals surface area contributed by atoms with E-state index in [2.05, 4.69) is 63.9 Å². The van der Waals surface area contributed by atoms with Crippen LogP contribution in [0.1, 0.15) is 35.4 Å². The van der Waals surface area contributed by atoms with Crippen molar-refractivity contribution in [1.82, 2.24) is 0 Å². The molecule has 0 spiro atoms. The molecule has 1 nitrogen and oxygen atoms in total. The van der Waals surface area contributed by atoms with E-state index in [1.54, 1.807) is 0 Å². The Kier molecular flexibility index (Phi) is 4.10. The molecule has 0 bridgehead atoms. The van der Waals surface area contributed by atoms with Crippen LogP contribution in [0.4, 0.5) is 0 Å². The van der Waals surface area contributed by atoms with Gasteiger partial charge in [-0.15, -0.1) is 0 Å². The molecular weight excluding hydrogens is 415 g/mol. The Morgan fingerprint density at radius 2 is 1.95 bits per heavy atom. The number of hydrogen-bond acceptors (Lipinski definition) is 1. The predicted octanol–water partition coefficient (Wildman–Crippen LogP) is 6.30. The molecule has 1 aliphatic heterocycles. The third-order valence-corrected chi connectivity index (χ3v) is 5.56. The van der Waals surface area contributed by atoms with Crippen molar-refractivity contribution in [1.29, 1.82) is 0 Å². The molecule has 3 rings (SSSR count). The fourth-order valence-electron chi connectivity index (χ4n) is 2.67. The van der Waals surface area contributed by atoms with Gasteiger partial charge in [0.05, 0.1) is 4.83 Å². The smallest absolute Gasteiger partial charge is 0.123 e. The maximum Gasteiger partial charge on any atom is 0.123 e. The first-order valence-corrected chi connectivity index (χ1v) is 8.85. The van der Waals surface area contributed by atoms with Crippen LogP contribution in [0.3, 0.4) is 0 Å². The number of hydrogen-bond donors (Lipinski definition) is 0. The van der Waals surface area contributed by atoms with E-state index in [0.29, 0.717) is 0 Å². The van der Waals surface area contributed by atoms with Crippen molar-refractivity contribution in [3.63, 3.8) is 0 Å². The van der Waals surface area contributed by atoms with E-state index < -0.39 is 0 Å². The number of fused-ring (bicyclic) bond motifs is 1. The lowest BCUT2D eigenvalue weighted by Gasteiger charge is -2.16. The van der Waals surface area contributed by atoms with Gasteiger partial charge < -0.3 is 4.74 Å². The predicted molar refractivity (Wildman–Crippen MR) is 94.8 cm³/mol. The summed E-state index contributed by atoms with van der Waals surface area (Å²) in [5.74, 6) is 0.999. The Bertz CT molecular complexity index is 697. The van der Waals surface area contributed by atoms with Crippen LogP contribution in [0, 0.1) is 0 Å². The lowest BCUT2D eigenvalue weighted by Crippen LogP contribution is -2.24. The molecule has 1 unspecified atom stereocenters. The molecule has 1 aliphatic rings. The van der Waals surface area contributed by atoms with Crippen LogP contribution in [-0.2, 0) is 6.42 Å². The first-order chi connectivity index (χ1) is 9.85. The van der Waals surface area contributed by atoms with Gasteiger partial charge in [0, 0.05) is 15.9 Å². The van der Waals surface area contributed by atoms with E-state index in [4.69, 9.17) is 16.3 Å². The first-order valence-electron chi connectivity index (χ1n) is 6.76. The normalized spacial score (nSPS) is 17.2. The van der Waals surface area contributed by atoms with Crippen molar-refractivity contribution in [3.05, 3.63) is 62.6 Å². The molecule has 0 amide bonds. The van der Waals surface area contributed by atoms with Gasteiger partial charge in [-0.25, -0.2) is 0 Å². The summed E-state index contributed by atoms with van der Waals surface area (Å²) in [6, 6.07) is 12.3. The van der Waals surface area contributed by atoms with E-state index in [-0.39, 0.29) is 10.4 Å². The molecule has 0 N–H and O–H groups in total. The lowest BCUT2D eigenvalue weighted by atomic mass is 9.98. The second-order valence-corrected chi connectivity index (χ2v) is 8.14. The van der Waals surface area contributed by atoms with Gasteiger partial charge in [-0.1, -0.05) is 61.7 Å². The highest BCUT2D eigenvalue weighted by Crippen LogP contribution is 2.41. The first kappa shape index (κ1) is 15.4. The Hall–Kier alpha value is -0.510. The fraction of sp³-hybridized carbons (Fsp3) is 0.294. The molecular formula is C17H15Br2ClO. The molecule has 21 heavy (non-hydrogen) atoms. The van der Waals surface area contributed by atoms with Crippen LogP contribution < -0.4 is 4.74 Å². The number of ether oxygens (including phenoxy) is 1. The average Bonchev–Trinajstić information content (AvgIpc) is 2.70. The Morgan fingerprint density at radius 3 is 2.67 bits per heavy atom. The summed E-state index contributed by atoms with van der Waals surface area (Å²) < 4.78 is 6.94. The zero-order valence-electron chi connectivity index (χ0n) is 11.8. The number of rotatable bonds is 2. The summed E-state index contributed by atoms with van der Waals surface area (Å²) >= 11 is 13.4. The van der Waals surface area contributed by atoms with Crippen LogP contribution in [0.15, 0.2) is 40.9 Å². The van der Waals surface area contributed by atoms with Crippen molar-refractivity contribution < 1.29 is 4.74 Å². The quantitative estimate of drug-likeness (QED) is 0.508. The molecule has 0 fully saturated rings. The van der Waals surface area contributed by atoms with Crippen molar-refractivity contribution in [2.45, 2.75) is 30.7 Å². The van der Waals surface area contributed by atoms with E-state index in [9.17, 15) is 0 Å². The zero-order chi connectivity index (χ0) is 15.2. The average molecular weight is 431 g/mol. The van der Waals surface area contributed by atoms with Crippen LogP contribution in [0.2, 0.25) is 5.02 Å². The van der Waals surface area contributed by atoms with Gasteiger partial charge in [-0.2, -0.15) is 0 Å².